The minimum Gasteiger partial charge on any atom is -0.350 e. The van der Waals surface area contributed by atoms with Crippen molar-refractivity contribution in [2.24, 2.45) is 0 Å². The summed E-state index contributed by atoms with van der Waals surface area (Å²) in [7, 11) is 0. The zero-order chi connectivity index (χ0) is 21.5. The third-order valence-corrected chi connectivity index (χ3v) is 6.40. The molecule has 1 aliphatic carbocycles. The summed E-state index contributed by atoms with van der Waals surface area (Å²) < 4.78 is 0. The smallest absolute Gasteiger partial charge is 0.315 e. The SMILES string of the molecule is O=C(NCc1ccccc1)NC1(C(=O)N[C@H]2CCN(Cc3ccccc3)C2)CCCC1. The molecule has 2 aliphatic rings. The molecule has 2 aromatic carbocycles. The van der Waals surface area contributed by atoms with Gasteiger partial charge in [-0.05, 0) is 30.4 Å². The van der Waals surface area contributed by atoms with Crippen molar-refractivity contribution >= 4 is 11.9 Å². The molecule has 1 aliphatic heterocycles. The summed E-state index contributed by atoms with van der Waals surface area (Å²) in [6.07, 6.45) is 4.24. The summed E-state index contributed by atoms with van der Waals surface area (Å²) in [5.41, 5.74) is 1.53. The topological polar surface area (TPSA) is 73.5 Å². The van der Waals surface area contributed by atoms with E-state index in [2.05, 4.69) is 45.1 Å². The lowest BCUT2D eigenvalue weighted by atomic mass is 9.96. The number of nitrogens with one attached hydrogen (secondary N) is 3. The molecule has 1 atom stereocenters. The van der Waals surface area contributed by atoms with Crippen LogP contribution in [0.4, 0.5) is 4.79 Å². The number of benzene rings is 2. The highest BCUT2D eigenvalue weighted by atomic mass is 16.2. The molecule has 6 nitrogen and oxygen atoms in total. The third-order valence-electron chi connectivity index (χ3n) is 6.40. The fraction of sp³-hybridized carbons (Fsp3) is 0.440. The van der Waals surface area contributed by atoms with Gasteiger partial charge in [-0.3, -0.25) is 9.69 Å². The van der Waals surface area contributed by atoms with Crippen LogP contribution < -0.4 is 16.0 Å². The maximum Gasteiger partial charge on any atom is 0.315 e. The van der Waals surface area contributed by atoms with Gasteiger partial charge < -0.3 is 16.0 Å². The molecule has 0 bridgehead atoms. The molecule has 1 heterocycles. The number of likely N-dealkylation sites (tertiary alicyclic amines) is 1. The van der Waals surface area contributed by atoms with Crippen LogP contribution >= 0.6 is 0 Å². The normalized spacial score (nSPS) is 20.3. The van der Waals surface area contributed by atoms with E-state index >= 15 is 0 Å². The van der Waals surface area contributed by atoms with Crippen LogP contribution in [0.15, 0.2) is 60.7 Å². The van der Waals surface area contributed by atoms with Crippen molar-refractivity contribution in [3.8, 4) is 0 Å². The predicted molar refractivity (Wildman–Crippen MR) is 121 cm³/mol. The van der Waals surface area contributed by atoms with E-state index in [4.69, 9.17) is 0 Å². The highest BCUT2D eigenvalue weighted by Gasteiger charge is 2.43. The number of urea groups is 1. The number of hydrogen-bond acceptors (Lipinski definition) is 3. The second kappa shape index (κ2) is 9.96. The molecular formula is C25H32N4O2. The second-order valence-corrected chi connectivity index (χ2v) is 8.76. The van der Waals surface area contributed by atoms with Crippen LogP contribution in [0.25, 0.3) is 0 Å². The first-order valence-corrected chi connectivity index (χ1v) is 11.3. The second-order valence-electron chi connectivity index (χ2n) is 8.76. The molecule has 31 heavy (non-hydrogen) atoms. The van der Waals surface area contributed by atoms with Gasteiger partial charge >= 0.3 is 6.03 Å². The van der Waals surface area contributed by atoms with E-state index < -0.39 is 5.54 Å². The van der Waals surface area contributed by atoms with Crippen LogP contribution in [-0.2, 0) is 17.9 Å². The summed E-state index contributed by atoms with van der Waals surface area (Å²) >= 11 is 0. The Hall–Kier alpha value is -2.86. The molecule has 2 aromatic rings. The molecule has 0 unspecified atom stereocenters. The van der Waals surface area contributed by atoms with Crippen LogP contribution in [0.2, 0.25) is 0 Å². The van der Waals surface area contributed by atoms with Crippen molar-refractivity contribution in [2.45, 2.75) is 56.8 Å². The lowest BCUT2D eigenvalue weighted by Gasteiger charge is -2.30. The molecule has 164 valence electrons. The lowest BCUT2D eigenvalue weighted by Crippen LogP contribution is -2.60. The molecule has 0 spiro atoms. The Balaban J connectivity index is 1.29. The van der Waals surface area contributed by atoms with Gasteiger partial charge in [0.15, 0.2) is 0 Å². The van der Waals surface area contributed by atoms with Gasteiger partial charge in [-0.1, -0.05) is 73.5 Å². The monoisotopic (exact) mass is 420 g/mol. The highest BCUT2D eigenvalue weighted by Crippen LogP contribution is 2.30. The van der Waals surface area contributed by atoms with Gasteiger partial charge in [0.25, 0.3) is 0 Å². The summed E-state index contributed by atoms with van der Waals surface area (Å²) in [6.45, 7) is 3.16. The molecule has 1 saturated carbocycles. The molecule has 6 heteroatoms. The van der Waals surface area contributed by atoms with Crippen LogP contribution in [-0.4, -0.2) is 41.5 Å². The van der Waals surface area contributed by atoms with Gasteiger partial charge in [0.2, 0.25) is 5.91 Å². The average Bonchev–Trinajstić information content (AvgIpc) is 3.44. The van der Waals surface area contributed by atoms with E-state index in [1.807, 2.05) is 36.4 Å². The first kappa shape index (κ1) is 21.4. The van der Waals surface area contributed by atoms with Gasteiger partial charge in [0, 0.05) is 32.2 Å². The van der Waals surface area contributed by atoms with E-state index in [9.17, 15) is 9.59 Å². The summed E-state index contributed by atoms with van der Waals surface area (Å²) in [5, 5.41) is 9.14. The standard InChI is InChI=1S/C25H32N4O2/c30-23(27-22-13-16-29(19-22)18-21-11-5-2-6-12-21)25(14-7-8-15-25)28-24(31)26-17-20-9-3-1-4-10-20/h1-6,9-12,22H,7-8,13-19H2,(H,27,30)(H2,26,28,31)/t22-/m0/s1. The number of nitrogens with zero attached hydrogens (tertiary/aromatic N) is 1. The molecule has 3 N–H and O–H groups in total. The number of carbonyl (C=O) groups excluding carboxylic acids is 2. The van der Waals surface area contributed by atoms with Crippen molar-refractivity contribution < 1.29 is 9.59 Å². The van der Waals surface area contributed by atoms with Crippen molar-refractivity contribution in [1.29, 1.82) is 0 Å². The Morgan fingerprint density at radius 3 is 2.26 bits per heavy atom. The van der Waals surface area contributed by atoms with Crippen molar-refractivity contribution in [3.63, 3.8) is 0 Å². The van der Waals surface area contributed by atoms with Gasteiger partial charge in [-0.25, -0.2) is 4.79 Å². The largest absolute Gasteiger partial charge is 0.350 e. The first-order valence-electron chi connectivity index (χ1n) is 11.3. The number of hydrogen-bond donors (Lipinski definition) is 3. The maximum absolute atomic E-state index is 13.2. The molecule has 0 radical (unpaired) electrons. The molecule has 1 saturated heterocycles. The Morgan fingerprint density at radius 2 is 1.58 bits per heavy atom. The van der Waals surface area contributed by atoms with Gasteiger partial charge in [0.1, 0.15) is 5.54 Å². The summed E-state index contributed by atoms with van der Waals surface area (Å²) in [4.78, 5) is 28.2. The Kier molecular flexibility index (Phi) is 6.87. The third kappa shape index (κ3) is 5.64. The summed E-state index contributed by atoms with van der Waals surface area (Å²) in [6, 6.07) is 20.1. The maximum atomic E-state index is 13.2. The van der Waals surface area contributed by atoms with Crippen LogP contribution in [0.3, 0.4) is 0 Å². The van der Waals surface area contributed by atoms with Crippen LogP contribution in [0.1, 0.15) is 43.2 Å². The molecule has 3 amide bonds. The van der Waals surface area contributed by atoms with Crippen molar-refractivity contribution in [3.05, 3.63) is 71.8 Å². The Morgan fingerprint density at radius 1 is 0.935 bits per heavy atom. The van der Waals surface area contributed by atoms with Crippen LogP contribution in [0, 0.1) is 0 Å². The van der Waals surface area contributed by atoms with Gasteiger partial charge in [-0.15, -0.1) is 0 Å². The minimum atomic E-state index is -0.798. The predicted octanol–water partition coefficient (Wildman–Crippen LogP) is 3.19. The zero-order valence-electron chi connectivity index (χ0n) is 18.0. The van der Waals surface area contributed by atoms with Crippen LogP contribution in [0.5, 0.6) is 0 Å². The van der Waals surface area contributed by atoms with Crippen molar-refractivity contribution in [2.75, 3.05) is 13.1 Å². The summed E-state index contributed by atoms with van der Waals surface area (Å²) in [5.74, 6) is -0.0357. The molecular weight excluding hydrogens is 388 g/mol. The Bertz CT molecular complexity index is 866. The number of rotatable bonds is 7. The van der Waals surface area contributed by atoms with E-state index in [0.29, 0.717) is 19.4 Å². The first-order chi connectivity index (χ1) is 15.1. The van der Waals surface area contributed by atoms with E-state index in [0.717, 1.165) is 44.5 Å². The molecule has 2 fully saturated rings. The van der Waals surface area contributed by atoms with Crippen molar-refractivity contribution in [1.82, 2.24) is 20.9 Å². The average molecular weight is 421 g/mol. The number of amides is 3. The van der Waals surface area contributed by atoms with E-state index in [1.54, 1.807) is 0 Å². The quantitative estimate of drug-likeness (QED) is 0.644. The Labute approximate surface area is 184 Å². The molecule has 4 rings (SSSR count). The number of carbonyl (C=O) groups is 2. The fourth-order valence-corrected chi connectivity index (χ4v) is 4.69. The van der Waals surface area contributed by atoms with E-state index in [1.165, 1.54) is 5.56 Å². The fourth-order valence-electron chi connectivity index (χ4n) is 4.69. The molecule has 0 aromatic heterocycles. The van der Waals surface area contributed by atoms with Gasteiger partial charge in [-0.2, -0.15) is 0 Å². The minimum absolute atomic E-state index is 0.0357. The highest BCUT2D eigenvalue weighted by molar-refractivity contribution is 5.91. The van der Waals surface area contributed by atoms with E-state index in [-0.39, 0.29) is 18.0 Å². The van der Waals surface area contributed by atoms with Gasteiger partial charge in [0.05, 0.1) is 0 Å². The lowest BCUT2D eigenvalue weighted by molar-refractivity contribution is -0.127. The zero-order valence-corrected chi connectivity index (χ0v) is 18.0.